The predicted octanol–water partition coefficient (Wildman–Crippen LogP) is 0.936. The summed E-state index contributed by atoms with van der Waals surface area (Å²) in [4.78, 5) is 0. The maximum Gasteiger partial charge on any atom is 0.194 e. The van der Waals surface area contributed by atoms with Crippen molar-refractivity contribution in [3.63, 3.8) is 0 Å². The zero-order chi connectivity index (χ0) is 14.1. The largest absolute Gasteiger partial charge is 0.379 e. The van der Waals surface area contributed by atoms with Crippen LogP contribution in [0, 0.1) is 5.41 Å². The van der Waals surface area contributed by atoms with Gasteiger partial charge in [0.05, 0.1) is 38.4 Å². The molecule has 0 unspecified atom stereocenters. The van der Waals surface area contributed by atoms with Gasteiger partial charge >= 0.3 is 0 Å². The normalized spacial score (nSPS) is 45.3. The summed E-state index contributed by atoms with van der Waals surface area (Å²) in [5.41, 5.74) is -0.208. The Morgan fingerprint density at radius 1 is 0.950 bits per heavy atom. The van der Waals surface area contributed by atoms with Gasteiger partial charge in [-0.25, -0.2) is 0 Å². The lowest BCUT2D eigenvalue weighted by Gasteiger charge is -2.49. The van der Waals surface area contributed by atoms with Crippen molar-refractivity contribution in [2.45, 2.75) is 31.3 Å². The summed E-state index contributed by atoms with van der Waals surface area (Å²) in [5.74, 6) is -1.15. The van der Waals surface area contributed by atoms with Gasteiger partial charge in [0.2, 0.25) is 0 Å². The fraction of sp³-hybridized carbons (Fsp3) is 1.00. The van der Waals surface area contributed by atoms with Crippen LogP contribution in [0.15, 0.2) is 0 Å². The van der Waals surface area contributed by atoms with E-state index in [1.165, 1.54) is 0 Å². The quantitative estimate of drug-likeness (QED) is 0.770. The van der Waals surface area contributed by atoms with Gasteiger partial charge in [-0.05, 0) is 0 Å². The minimum Gasteiger partial charge on any atom is -0.379 e. The van der Waals surface area contributed by atoms with E-state index in [2.05, 4.69) is 0 Å². The van der Waals surface area contributed by atoms with E-state index in [-0.39, 0.29) is 5.41 Å². The lowest BCUT2D eigenvalue weighted by atomic mass is 9.89. The lowest BCUT2D eigenvalue weighted by molar-refractivity contribution is -0.371. The highest BCUT2D eigenvalue weighted by atomic mass is 16.8. The molecule has 3 rings (SSSR count). The molecule has 0 bridgehead atoms. The van der Waals surface area contributed by atoms with Gasteiger partial charge in [-0.1, -0.05) is 6.92 Å². The minimum absolute atomic E-state index is 0.208. The Bertz CT molecular complexity index is 319. The molecule has 116 valence electrons. The van der Waals surface area contributed by atoms with Crippen molar-refractivity contribution in [3.8, 4) is 0 Å². The van der Waals surface area contributed by atoms with Crippen LogP contribution >= 0.6 is 0 Å². The van der Waals surface area contributed by atoms with Crippen LogP contribution in [0.2, 0.25) is 0 Å². The first-order chi connectivity index (χ1) is 9.66. The summed E-state index contributed by atoms with van der Waals surface area (Å²) in [5, 5.41) is 0. The van der Waals surface area contributed by atoms with E-state index in [1.54, 1.807) is 7.11 Å². The van der Waals surface area contributed by atoms with E-state index in [1.807, 2.05) is 6.92 Å². The van der Waals surface area contributed by atoms with Gasteiger partial charge in [0.1, 0.15) is 13.2 Å². The molecule has 20 heavy (non-hydrogen) atoms. The summed E-state index contributed by atoms with van der Waals surface area (Å²) >= 11 is 0. The van der Waals surface area contributed by atoms with Gasteiger partial charge in [-0.15, -0.1) is 0 Å². The predicted molar refractivity (Wildman–Crippen MR) is 69.3 cm³/mol. The Hall–Kier alpha value is -0.240. The number of rotatable bonds is 3. The van der Waals surface area contributed by atoms with Crippen LogP contribution in [-0.4, -0.2) is 64.9 Å². The second kappa shape index (κ2) is 5.51. The van der Waals surface area contributed by atoms with E-state index in [0.29, 0.717) is 46.2 Å². The molecular weight excluding hydrogens is 264 g/mol. The molecule has 0 saturated carbocycles. The molecule has 0 aromatic rings. The molecule has 0 atom stereocenters. The van der Waals surface area contributed by atoms with Crippen molar-refractivity contribution < 1.29 is 28.4 Å². The van der Waals surface area contributed by atoms with Gasteiger partial charge in [0, 0.05) is 20.0 Å². The summed E-state index contributed by atoms with van der Waals surface area (Å²) < 4.78 is 34.4. The fourth-order valence-corrected chi connectivity index (χ4v) is 2.84. The molecular formula is C14H24O6. The summed E-state index contributed by atoms with van der Waals surface area (Å²) in [6.07, 6.45) is 1.56. The summed E-state index contributed by atoms with van der Waals surface area (Å²) in [7, 11) is 1.66. The van der Waals surface area contributed by atoms with Crippen molar-refractivity contribution >= 4 is 0 Å². The van der Waals surface area contributed by atoms with Crippen molar-refractivity contribution in [2.75, 3.05) is 53.4 Å². The third kappa shape index (κ3) is 2.61. The smallest absolute Gasteiger partial charge is 0.194 e. The van der Waals surface area contributed by atoms with Crippen LogP contribution in [0.5, 0.6) is 0 Å². The molecule has 2 spiro atoms. The monoisotopic (exact) mass is 288 g/mol. The first-order valence-corrected chi connectivity index (χ1v) is 7.28. The van der Waals surface area contributed by atoms with Crippen LogP contribution in [0.4, 0.5) is 0 Å². The number of ether oxygens (including phenoxy) is 6. The maximum absolute atomic E-state index is 5.96. The Morgan fingerprint density at radius 2 is 1.60 bits per heavy atom. The van der Waals surface area contributed by atoms with Crippen molar-refractivity contribution in [3.05, 3.63) is 0 Å². The first-order valence-electron chi connectivity index (χ1n) is 7.28. The van der Waals surface area contributed by atoms with Gasteiger partial charge in [0.15, 0.2) is 11.6 Å². The molecule has 6 nitrogen and oxygen atoms in total. The minimum atomic E-state index is -0.619. The van der Waals surface area contributed by atoms with E-state index < -0.39 is 11.6 Å². The van der Waals surface area contributed by atoms with Gasteiger partial charge < -0.3 is 28.4 Å². The molecule has 3 heterocycles. The van der Waals surface area contributed by atoms with Gasteiger partial charge in [0.25, 0.3) is 0 Å². The van der Waals surface area contributed by atoms with Gasteiger partial charge in [-0.2, -0.15) is 0 Å². The zero-order valence-electron chi connectivity index (χ0n) is 12.3. The second-order valence-electron chi connectivity index (χ2n) is 6.07. The third-order valence-corrected chi connectivity index (χ3v) is 4.42. The fourth-order valence-electron chi connectivity index (χ4n) is 2.84. The van der Waals surface area contributed by atoms with E-state index in [4.69, 9.17) is 28.4 Å². The molecule has 3 aliphatic rings. The number of hydrogen-bond donors (Lipinski definition) is 0. The van der Waals surface area contributed by atoms with E-state index in [0.717, 1.165) is 12.8 Å². The molecule has 3 saturated heterocycles. The molecule has 0 aromatic heterocycles. The Balaban J connectivity index is 1.58. The molecule has 0 aliphatic carbocycles. The Kier molecular flexibility index (Phi) is 4.05. The van der Waals surface area contributed by atoms with Crippen molar-refractivity contribution in [2.24, 2.45) is 5.41 Å². The van der Waals surface area contributed by atoms with E-state index >= 15 is 0 Å². The highest BCUT2D eigenvalue weighted by molar-refractivity contribution is 4.91. The topological polar surface area (TPSA) is 55.4 Å². The second-order valence-corrected chi connectivity index (χ2v) is 6.07. The van der Waals surface area contributed by atoms with Crippen LogP contribution in [-0.2, 0) is 28.4 Å². The Labute approximate surface area is 119 Å². The molecule has 0 radical (unpaired) electrons. The molecule has 6 heteroatoms. The average molecular weight is 288 g/mol. The Morgan fingerprint density at radius 3 is 2.10 bits per heavy atom. The first kappa shape index (κ1) is 14.7. The van der Waals surface area contributed by atoms with Crippen LogP contribution in [0.1, 0.15) is 19.8 Å². The number of methoxy groups -OCH3 is 1. The molecule has 0 amide bonds. The standard InChI is InChI=1S/C14H24O6/c1-3-13(10-15-2)17-6-12(7-18-13)8-19-14(20-9-12)4-5-16-11-14/h3-11H2,1-2H3. The number of hydrogen-bond acceptors (Lipinski definition) is 6. The van der Waals surface area contributed by atoms with E-state index in [9.17, 15) is 0 Å². The average Bonchev–Trinajstić information content (AvgIpc) is 2.94. The van der Waals surface area contributed by atoms with Crippen molar-refractivity contribution in [1.29, 1.82) is 0 Å². The molecule has 0 N–H and O–H groups in total. The van der Waals surface area contributed by atoms with Crippen LogP contribution in [0.25, 0.3) is 0 Å². The highest BCUT2D eigenvalue weighted by Gasteiger charge is 2.51. The third-order valence-electron chi connectivity index (χ3n) is 4.42. The van der Waals surface area contributed by atoms with Crippen molar-refractivity contribution in [1.82, 2.24) is 0 Å². The maximum atomic E-state index is 5.96. The highest BCUT2D eigenvalue weighted by Crippen LogP contribution is 2.39. The SMILES string of the molecule is CCC1(COC)OCC2(CO1)COC1(CCOC1)OC2. The van der Waals surface area contributed by atoms with Gasteiger partial charge in [-0.3, -0.25) is 0 Å². The lowest BCUT2D eigenvalue weighted by Crippen LogP contribution is -2.59. The molecule has 3 aliphatic heterocycles. The van der Waals surface area contributed by atoms with Crippen LogP contribution < -0.4 is 0 Å². The zero-order valence-corrected chi connectivity index (χ0v) is 12.3. The summed E-state index contributed by atoms with van der Waals surface area (Å²) in [6.45, 7) is 6.02. The summed E-state index contributed by atoms with van der Waals surface area (Å²) in [6, 6.07) is 0. The van der Waals surface area contributed by atoms with Crippen LogP contribution in [0.3, 0.4) is 0 Å². The molecule has 0 aromatic carbocycles. The molecule has 3 fully saturated rings.